The van der Waals surface area contributed by atoms with E-state index in [1.165, 1.54) is 34.3 Å². The van der Waals surface area contributed by atoms with Crippen LogP contribution in [0.5, 0.6) is 0 Å². The van der Waals surface area contributed by atoms with Gasteiger partial charge in [-0.2, -0.15) is 0 Å². The van der Waals surface area contributed by atoms with E-state index in [0.29, 0.717) is 4.88 Å². The van der Waals surface area contributed by atoms with Gasteiger partial charge in [0, 0.05) is 9.35 Å². The maximum Gasteiger partial charge on any atom is 0.276 e. The number of hydrogen-bond donors (Lipinski definition) is 2. The molecule has 0 aliphatic heterocycles. The molecular formula is C17H19BrN2O3S2. The van der Waals surface area contributed by atoms with Gasteiger partial charge in [0.1, 0.15) is 0 Å². The van der Waals surface area contributed by atoms with Crippen molar-refractivity contribution in [2.45, 2.75) is 43.9 Å². The Morgan fingerprint density at radius 3 is 2.68 bits per heavy atom. The number of hydrogen-bond acceptors (Lipinski definition) is 4. The first-order valence-corrected chi connectivity index (χ1v) is 11.2. The molecule has 1 amide bonds. The summed E-state index contributed by atoms with van der Waals surface area (Å²) in [6, 6.07) is 6.59. The summed E-state index contributed by atoms with van der Waals surface area (Å²) < 4.78 is 25.5. The molecule has 0 fully saturated rings. The molecule has 0 saturated carbocycles. The second-order valence-corrected chi connectivity index (χ2v) is 9.76. The Hall–Kier alpha value is -1.22. The predicted octanol–water partition coefficient (Wildman–Crippen LogP) is 3.71. The lowest BCUT2D eigenvalue weighted by Crippen LogP contribution is -2.41. The van der Waals surface area contributed by atoms with E-state index in [2.05, 4.69) is 26.2 Å². The second kappa shape index (κ2) is 7.57. The number of rotatable bonds is 4. The Balaban J connectivity index is 1.70. The van der Waals surface area contributed by atoms with Crippen LogP contribution in [0.3, 0.4) is 0 Å². The fraction of sp³-hybridized carbons (Fsp3) is 0.353. The molecule has 2 N–H and O–H groups in total. The van der Waals surface area contributed by atoms with Gasteiger partial charge in [0.05, 0.1) is 9.77 Å². The third-order valence-electron chi connectivity index (χ3n) is 4.21. The van der Waals surface area contributed by atoms with Gasteiger partial charge in [0.25, 0.3) is 15.9 Å². The van der Waals surface area contributed by atoms with Crippen LogP contribution >= 0.6 is 27.3 Å². The van der Waals surface area contributed by atoms with Crippen LogP contribution in [0, 0.1) is 6.92 Å². The van der Waals surface area contributed by atoms with Crippen molar-refractivity contribution < 1.29 is 13.2 Å². The number of carbonyl (C=O) groups is 1. The molecule has 1 aliphatic carbocycles. The minimum Gasteiger partial charge on any atom is -0.273 e. The van der Waals surface area contributed by atoms with Crippen LogP contribution in [0.15, 0.2) is 33.6 Å². The van der Waals surface area contributed by atoms with Crippen LogP contribution < -0.4 is 10.3 Å². The molecule has 5 nitrogen and oxygen atoms in total. The number of fused-ring (bicyclic) bond motifs is 1. The summed E-state index contributed by atoms with van der Waals surface area (Å²) in [5.74, 6) is -0.421. The van der Waals surface area contributed by atoms with E-state index < -0.39 is 15.9 Å². The fourth-order valence-electron chi connectivity index (χ4n) is 2.80. The summed E-state index contributed by atoms with van der Waals surface area (Å²) in [7, 11) is -3.81. The van der Waals surface area contributed by atoms with Crippen molar-refractivity contribution in [3.63, 3.8) is 0 Å². The standard InChI is InChI=1S/C17H19BrN2O3S2/c1-11-9-13(7-8-14(11)18)25(22,23)20-19-17(21)16-10-12-5-3-2-4-6-15(12)24-16/h7-10,20H,2-6H2,1H3,(H,19,21). The number of thiophene rings is 1. The molecule has 134 valence electrons. The van der Waals surface area contributed by atoms with Gasteiger partial charge in [-0.1, -0.05) is 22.4 Å². The fourth-order valence-corrected chi connectivity index (χ4v) is 5.12. The van der Waals surface area contributed by atoms with Crippen molar-refractivity contribution in [1.82, 2.24) is 10.3 Å². The summed E-state index contributed by atoms with van der Waals surface area (Å²) in [6.07, 6.45) is 5.49. The van der Waals surface area contributed by atoms with Crippen LogP contribution in [0.25, 0.3) is 0 Å². The topological polar surface area (TPSA) is 75.3 Å². The van der Waals surface area contributed by atoms with Gasteiger partial charge in [-0.05, 0) is 68.0 Å². The summed E-state index contributed by atoms with van der Waals surface area (Å²) >= 11 is 4.79. The first-order valence-electron chi connectivity index (χ1n) is 8.07. The van der Waals surface area contributed by atoms with E-state index in [-0.39, 0.29) is 4.90 Å². The molecule has 0 unspecified atom stereocenters. The Morgan fingerprint density at radius 2 is 1.92 bits per heavy atom. The lowest BCUT2D eigenvalue weighted by Gasteiger charge is -2.09. The van der Waals surface area contributed by atoms with Gasteiger partial charge in [0.2, 0.25) is 0 Å². The lowest BCUT2D eigenvalue weighted by molar-refractivity contribution is 0.0949. The summed E-state index contributed by atoms with van der Waals surface area (Å²) in [4.78, 5) is 16.4. The maximum absolute atomic E-state index is 12.3. The third-order valence-corrected chi connectivity index (χ3v) is 7.58. The third kappa shape index (κ3) is 4.31. The van der Waals surface area contributed by atoms with E-state index in [1.54, 1.807) is 19.1 Å². The first-order chi connectivity index (χ1) is 11.9. The summed E-state index contributed by atoms with van der Waals surface area (Å²) in [5, 5.41) is 0. The van der Waals surface area contributed by atoms with Crippen molar-refractivity contribution in [3.05, 3.63) is 49.6 Å². The first kappa shape index (κ1) is 18.6. The van der Waals surface area contributed by atoms with E-state index in [4.69, 9.17) is 0 Å². The summed E-state index contributed by atoms with van der Waals surface area (Å²) in [6.45, 7) is 1.81. The monoisotopic (exact) mass is 442 g/mol. The summed E-state index contributed by atoms with van der Waals surface area (Å²) in [5.41, 5.74) is 4.34. The zero-order chi connectivity index (χ0) is 18.0. The number of halogens is 1. The molecule has 1 heterocycles. The van der Waals surface area contributed by atoms with Gasteiger partial charge >= 0.3 is 0 Å². The van der Waals surface area contributed by atoms with Gasteiger partial charge < -0.3 is 0 Å². The van der Waals surface area contributed by atoms with Crippen molar-refractivity contribution in [2.24, 2.45) is 0 Å². The number of amides is 1. The normalized spacial score (nSPS) is 14.6. The molecule has 0 radical (unpaired) electrons. The molecule has 0 spiro atoms. The highest BCUT2D eigenvalue weighted by atomic mass is 79.9. The number of aryl methyl sites for hydroxylation is 3. The Bertz CT molecular complexity index is 883. The molecule has 8 heteroatoms. The van der Waals surface area contributed by atoms with Gasteiger partial charge in [0.15, 0.2) is 0 Å². The smallest absolute Gasteiger partial charge is 0.273 e. The molecular weight excluding hydrogens is 424 g/mol. The van der Waals surface area contributed by atoms with Crippen molar-refractivity contribution in [3.8, 4) is 0 Å². The average Bonchev–Trinajstić information content (AvgIpc) is 2.86. The SMILES string of the molecule is Cc1cc(S(=O)(=O)NNC(=O)c2cc3c(s2)CCCCC3)ccc1Br. The van der Waals surface area contributed by atoms with Crippen LogP contribution in [0.2, 0.25) is 0 Å². The van der Waals surface area contributed by atoms with E-state index in [0.717, 1.165) is 35.7 Å². The number of benzene rings is 1. The highest BCUT2D eigenvalue weighted by molar-refractivity contribution is 9.10. The van der Waals surface area contributed by atoms with Gasteiger partial charge in [-0.15, -0.1) is 16.2 Å². The van der Waals surface area contributed by atoms with Crippen LogP contribution in [-0.4, -0.2) is 14.3 Å². The minimum absolute atomic E-state index is 0.107. The number of carbonyl (C=O) groups excluding carboxylic acids is 1. The zero-order valence-corrected chi connectivity index (χ0v) is 17.0. The molecule has 1 aromatic heterocycles. The molecule has 1 aromatic carbocycles. The predicted molar refractivity (Wildman–Crippen MR) is 102 cm³/mol. The molecule has 1 aliphatic rings. The van der Waals surface area contributed by atoms with Crippen molar-refractivity contribution in [2.75, 3.05) is 0 Å². The van der Waals surface area contributed by atoms with Crippen molar-refractivity contribution in [1.29, 1.82) is 0 Å². The average molecular weight is 443 g/mol. The van der Waals surface area contributed by atoms with E-state index >= 15 is 0 Å². The highest BCUT2D eigenvalue weighted by Crippen LogP contribution is 2.29. The Labute approximate surface area is 160 Å². The van der Waals surface area contributed by atoms with E-state index in [9.17, 15) is 13.2 Å². The molecule has 0 atom stereocenters. The Kier molecular flexibility index (Phi) is 5.62. The lowest BCUT2D eigenvalue weighted by atomic mass is 10.1. The van der Waals surface area contributed by atoms with E-state index in [1.807, 2.05) is 6.07 Å². The largest absolute Gasteiger partial charge is 0.276 e. The molecule has 2 aromatic rings. The van der Waals surface area contributed by atoms with Crippen molar-refractivity contribution >= 4 is 43.2 Å². The molecule has 3 rings (SSSR count). The number of sulfonamides is 1. The van der Waals surface area contributed by atoms with Gasteiger partial charge in [-0.3, -0.25) is 10.2 Å². The highest BCUT2D eigenvalue weighted by Gasteiger charge is 2.19. The van der Waals surface area contributed by atoms with Crippen LogP contribution in [0.4, 0.5) is 0 Å². The van der Waals surface area contributed by atoms with Crippen LogP contribution in [-0.2, 0) is 22.9 Å². The minimum atomic E-state index is -3.81. The Morgan fingerprint density at radius 1 is 1.16 bits per heavy atom. The number of hydrazine groups is 1. The second-order valence-electron chi connectivity index (χ2n) is 6.09. The van der Waals surface area contributed by atoms with Gasteiger partial charge in [-0.25, -0.2) is 8.42 Å². The molecule has 0 bridgehead atoms. The molecule has 0 saturated heterocycles. The molecule has 25 heavy (non-hydrogen) atoms. The van der Waals surface area contributed by atoms with Crippen LogP contribution in [0.1, 0.15) is 44.9 Å². The number of nitrogens with one attached hydrogen (secondary N) is 2. The zero-order valence-electron chi connectivity index (χ0n) is 13.8. The quantitative estimate of drug-likeness (QED) is 0.559. The maximum atomic E-state index is 12.3.